The van der Waals surface area contributed by atoms with Crippen LogP contribution in [0, 0.1) is 0 Å². The predicted octanol–water partition coefficient (Wildman–Crippen LogP) is 3.50. The van der Waals surface area contributed by atoms with Gasteiger partial charge in [-0.15, -0.1) is 12.4 Å². The Hall–Kier alpha value is -1.69. The van der Waals surface area contributed by atoms with Gasteiger partial charge in [0.1, 0.15) is 0 Å². The van der Waals surface area contributed by atoms with Crippen LogP contribution in [0.5, 0.6) is 0 Å². The zero-order valence-corrected chi connectivity index (χ0v) is 15.6. The van der Waals surface area contributed by atoms with Crippen LogP contribution in [0.25, 0.3) is 0 Å². The van der Waals surface area contributed by atoms with E-state index in [2.05, 4.69) is 10.6 Å². The molecule has 1 aliphatic heterocycles. The molecule has 0 spiro atoms. The highest BCUT2D eigenvalue weighted by Crippen LogP contribution is 2.17. The third-order valence-corrected chi connectivity index (χ3v) is 5.52. The summed E-state index contributed by atoms with van der Waals surface area (Å²) < 4.78 is 12.4. The Kier molecular flexibility index (Phi) is 7.62. The zero-order valence-electron chi connectivity index (χ0n) is 13.9. The van der Waals surface area contributed by atoms with Gasteiger partial charge < -0.3 is 10.6 Å². The molecule has 25 heavy (non-hydrogen) atoms. The average molecular weight is 379 g/mol. The molecule has 1 aliphatic rings. The van der Waals surface area contributed by atoms with E-state index >= 15 is 0 Å². The lowest BCUT2D eigenvalue weighted by Gasteiger charge is -2.22. The van der Waals surface area contributed by atoms with Crippen molar-refractivity contribution < 1.29 is 9.00 Å². The van der Waals surface area contributed by atoms with Gasteiger partial charge in [-0.05, 0) is 49.2 Å². The van der Waals surface area contributed by atoms with Crippen LogP contribution in [0.1, 0.15) is 24.8 Å². The van der Waals surface area contributed by atoms with Crippen LogP contribution in [0.4, 0.5) is 5.69 Å². The second kappa shape index (κ2) is 9.70. The summed E-state index contributed by atoms with van der Waals surface area (Å²) in [6.07, 6.45) is 3.09. The minimum atomic E-state index is -1.08. The molecule has 1 saturated heterocycles. The number of benzene rings is 2. The Morgan fingerprint density at radius 1 is 1.12 bits per heavy atom. The molecule has 4 nitrogen and oxygen atoms in total. The highest BCUT2D eigenvalue weighted by Gasteiger charge is 2.20. The lowest BCUT2D eigenvalue weighted by atomic mass is 10.0. The molecule has 1 amide bonds. The van der Waals surface area contributed by atoms with Gasteiger partial charge in [0.25, 0.3) is 0 Å². The van der Waals surface area contributed by atoms with Crippen molar-refractivity contribution in [2.75, 3.05) is 11.9 Å². The first-order valence-corrected chi connectivity index (χ1v) is 9.61. The number of amides is 1. The monoisotopic (exact) mass is 378 g/mol. The van der Waals surface area contributed by atoms with Crippen LogP contribution < -0.4 is 10.6 Å². The van der Waals surface area contributed by atoms with Crippen LogP contribution in [-0.4, -0.2) is 22.7 Å². The summed E-state index contributed by atoms with van der Waals surface area (Å²) in [6.45, 7) is 0.897. The van der Waals surface area contributed by atoms with Gasteiger partial charge in [-0.25, -0.2) is 0 Å². The number of halogens is 1. The van der Waals surface area contributed by atoms with E-state index in [0.29, 0.717) is 5.75 Å². The summed E-state index contributed by atoms with van der Waals surface area (Å²) in [6, 6.07) is 16.9. The van der Waals surface area contributed by atoms with Crippen LogP contribution in [-0.2, 0) is 21.3 Å². The molecule has 0 saturated carbocycles. The smallest absolute Gasteiger partial charge is 0.241 e. The van der Waals surface area contributed by atoms with E-state index in [9.17, 15) is 9.00 Å². The summed E-state index contributed by atoms with van der Waals surface area (Å²) in [5.74, 6) is 0.450. The highest BCUT2D eigenvalue weighted by molar-refractivity contribution is 7.84. The largest absolute Gasteiger partial charge is 0.325 e. The molecule has 1 fully saturated rings. The van der Waals surface area contributed by atoms with E-state index in [0.717, 1.165) is 42.0 Å². The van der Waals surface area contributed by atoms with E-state index < -0.39 is 10.8 Å². The van der Waals surface area contributed by atoms with Crippen LogP contribution in [0.3, 0.4) is 0 Å². The van der Waals surface area contributed by atoms with Gasteiger partial charge in [-0.2, -0.15) is 0 Å². The number of piperidine rings is 1. The molecule has 3 rings (SSSR count). The van der Waals surface area contributed by atoms with E-state index in [1.807, 2.05) is 54.6 Å². The van der Waals surface area contributed by atoms with Crippen molar-refractivity contribution in [3.8, 4) is 0 Å². The van der Waals surface area contributed by atoms with Crippen molar-refractivity contribution in [1.82, 2.24) is 5.32 Å². The van der Waals surface area contributed by atoms with Gasteiger partial charge >= 0.3 is 0 Å². The molecule has 1 heterocycles. The van der Waals surface area contributed by atoms with Gasteiger partial charge in [-0.1, -0.05) is 36.8 Å². The van der Waals surface area contributed by atoms with Gasteiger partial charge in [0.15, 0.2) is 0 Å². The first kappa shape index (κ1) is 19.6. The molecule has 0 radical (unpaired) electrons. The maximum Gasteiger partial charge on any atom is 0.241 e. The minimum Gasteiger partial charge on any atom is -0.325 e. The Labute approximate surface area is 157 Å². The Balaban J connectivity index is 0.00000225. The molecule has 0 bridgehead atoms. The molecule has 2 N–H and O–H groups in total. The second-order valence-corrected chi connectivity index (χ2v) is 7.45. The fourth-order valence-electron chi connectivity index (χ4n) is 2.85. The number of carbonyl (C=O) groups excluding carboxylic acids is 1. The third-order valence-electron chi connectivity index (χ3n) is 4.13. The molecule has 2 unspecified atom stereocenters. The van der Waals surface area contributed by atoms with Crippen molar-refractivity contribution in [1.29, 1.82) is 0 Å². The van der Waals surface area contributed by atoms with Gasteiger partial charge in [-0.3, -0.25) is 9.00 Å². The molecule has 2 atom stereocenters. The number of nitrogens with one attached hydrogen (secondary N) is 2. The average Bonchev–Trinajstić information content (AvgIpc) is 2.63. The fourth-order valence-corrected chi connectivity index (χ4v) is 3.96. The van der Waals surface area contributed by atoms with Crippen molar-refractivity contribution >= 4 is 34.8 Å². The first-order valence-electron chi connectivity index (χ1n) is 8.29. The normalized spacial score (nSPS) is 18.0. The first-order chi connectivity index (χ1) is 11.7. The molecule has 0 aromatic heterocycles. The molecule has 2 aromatic rings. The number of rotatable bonds is 5. The lowest BCUT2D eigenvalue weighted by molar-refractivity contribution is -0.118. The molecule has 0 aliphatic carbocycles. The number of anilines is 1. The Bertz CT molecular complexity index is 718. The highest BCUT2D eigenvalue weighted by atomic mass is 35.5. The van der Waals surface area contributed by atoms with Crippen molar-refractivity contribution in [3.63, 3.8) is 0 Å². The van der Waals surface area contributed by atoms with Gasteiger partial charge in [0, 0.05) is 10.6 Å². The van der Waals surface area contributed by atoms with E-state index in [-0.39, 0.29) is 24.4 Å². The Morgan fingerprint density at radius 2 is 1.92 bits per heavy atom. The van der Waals surface area contributed by atoms with Crippen LogP contribution in [0.2, 0.25) is 0 Å². The van der Waals surface area contributed by atoms with Crippen LogP contribution >= 0.6 is 12.4 Å². The summed E-state index contributed by atoms with van der Waals surface area (Å²) in [5, 5.41) is 6.21. The molecular formula is C19H23ClN2O2S. The Morgan fingerprint density at radius 3 is 2.64 bits per heavy atom. The van der Waals surface area contributed by atoms with Gasteiger partial charge in [0.05, 0.1) is 22.6 Å². The minimum absolute atomic E-state index is 0. The SMILES string of the molecule is Cl.O=C(Nc1cccc(CS(=O)c2ccccc2)c1)C1CCCCN1. The molecular weight excluding hydrogens is 356 g/mol. The fraction of sp³-hybridized carbons (Fsp3) is 0.316. The topological polar surface area (TPSA) is 58.2 Å². The maximum absolute atomic E-state index is 12.4. The predicted molar refractivity (Wildman–Crippen MR) is 105 cm³/mol. The summed E-state index contributed by atoms with van der Waals surface area (Å²) in [4.78, 5) is 13.1. The standard InChI is InChI=1S/C19H22N2O2S.ClH/c22-19(18-11-4-5-12-20-18)21-16-8-6-7-15(13-16)14-24(23)17-9-2-1-3-10-17;/h1-3,6-10,13,18,20H,4-5,11-12,14H2,(H,21,22);1H. The number of carbonyl (C=O) groups is 1. The van der Waals surface area contributed by atoms with E-state index in [1.165, 1.54) is 0 Å². The second-order valence-electron chi connectivity index (χ2n) is 6.00. The van der Waals surface area contributed by atoms with Crippen molar-refractivity contribution in [3.05, 3.63) is 60.2 Å². The molecule has 2 aromatic carbocycles. The van der Waals surface area contributed by atoms with Crippen LogP contribution in [0.15, 0.2) is 59.5 Å². The quantitative estimate of drug-likeness (QED) is 0.837. The van der Waals surface area contributed by atoms with E-state index in [4.69, 9.17) is 0 Å². The summed E-state index contributed by atoms with van der Waals surface area (Å²) in [7, 11) is -1.08. The molecule has 134 valence electrons. The molecule has 6 heteroatoms. The third kappa shape index (κ3) is 5.66. The summed E-state index contributed by atoms with van der Waals surface area (Å²) >= 11 is 0. The summed E-state index contributed by atoms with van der Waals surface area (Å²) in [5.41, 5.74) is 1.71. The number of hydrogen-bond donors (Lipinski definition) is 2. The number of hydrogen-bond acceptors (Lipinski definition) is 3. The van der Waals surface area contributed by atoms with Crippen molar-refractivity contribution in [2.45, 2.75) is 36.0 Å². The van der Waals surface area contributed by atoms with Crippen molar-refractivity contribution in [2.24, 2.45) is 0 Å². The van der Waals surface area contributed by atoms with Gasteiger partial charge in [0.2, 0.25) is 5.91 Å². The maximum atomic E-state index is 12.4. The lowest BCUT2D eigenvalue weighted by Crippen LogP contribution is -2.43. The van der Waals surface area contributed by atoms with E-state index in [1.54, 1.807) is 0 Å². The zero-order chi connectivity index (χ0) is 16.8.